The summed E-state index contributed by atoms with van der Waals surface area (Å²) in [5.74, 6) is 1.34. The summed E-state index contributed by atoms with van der Waals surface area (Å²) < 4.78 is 0. The number of nitrogens with zero attached hydrogens (tertiary/aromatic N) is 1. The molecule has 0 heterocycles. The molecule has 1 aromatic carbocycles. The highest BCUT2D eigenvalue weighted by Crippen LogP contribution is 2.36. The minimum absolute atomic E-state index is 0.619. The summed E-state index contributed by atoms with van der Waals surface area (Å²) in [5.41, 5.74) is 3.01. The second-order valence-electron chi connectivity index (χ2n) is 7.01. The van der Waals surface area contributed by atoms with E-state index in [4.69, 9.17) is 5.26 Å². The molecule has 1 saturated carbocycles. The fourth-order valence-electron chi connectivity index (χ4n) is 3.71. The number of hydrogen-bond donors (Lipinski definition) is 0. The zero-order valence-corrected chi connectivity index (χ0v) is 14.6. The Hall–Kier alpha value is -1.55. The molecule has 23 heavy (non-hydrogen) atoms. The van der Waals surface area contributed by atoms with Crippen LogP contribution in [-0.4, -0.2) is 0 Å². The predicted molar refractivity (Wildman–Crippen MR) is 98.4 cm³/mol. The van der Waals surface area contributed by atoms with Crippen molar-refractivity contribution in [1.82, 2.24) is 0 Å². The first-order valence-electron chi connectivity index (χ1n) is 9.48. The van der Waals surface area contributed by atoms with Crippen LogP contribution in [0.5, 0.6) is 0 Å². The molecule has 1 aromatic rings. The van der Waals surface area contributed by atoms with Crippen LogP contribution in [0.4, 0.5) is 0 Å². The van der Waals surface area contributed by atoms with Gasteiger partial charge in [0.2, 0.25) is 0 Å². The Bertz CT molecular complexity index is 498. The average Bonchev–Trinajstić information content (AvgIpc) is 2.61. The zero-order chi connectivity index (χ0) is 16.3. The summed E-state index contributed by atoms with van der Waals surface area (Å²) in [4.78, 5) is 0. The first-order valence-corrected chi connectivity index (χ1v) is 9.48. The molecule has 1 nitrogen and oxygen atoms in total. The number of aryl methyl sites for hydroxylation is 1. The van der Waals surface area contributed by atoms with E-state index in [1.165, 1.54) is 75.3 Å². The van der Waals surface area contributed by atoms with Gasteiger partial charge in [-0.3, -0.25) is 0 Å². The van der Waals surface area contributed by atoms with Gasteiger partial charge in [-0.25, -0.2) is 0 Å². The van der Waals surface area contributed by atoms with Crippen LogP contribution in [0.25, 0.3) is 0 Å². The molecular weight excluding hydrogens is 278 g/mol. The highest BCUT2D eigenvalue weighted by molar-refractivity contribution is 5.26. The summed E-state index contributed by atoms with van der Waals surface area (Å²) in [7, 11) is 0. The second kappa shape index (κ2) is 10.3. The third-order valence-corrected chi connectivity index (χ3v) is 5.23. The Morgan fingerprint density at radius 2 is 1.70 bits per heavy atom. The molecule has 0 aliphatic heterocycles. The van der Waals surface area contributed by atoms with Crippen LogP contribution in [0.2, 0.25) is 0 Å². The van der Waals surface area contributed by atoms with Gasteiger partial charge in [0.05, 0.1) is 6.07 Å². The maximum absolute atomic E-state index is 8.62. The Labute approximate surface area is 142 Å². The molecule has 0 spiro atoms. The van der Waals surface area contributed by atoms with Gasteiger partial charge in [0.15, 0.2) is 0 Å². The van der Waals surface area contributed by atoms with Crippen molar-refractivity contribution < 1.29 is 0 Å². The maximum atomic E-state index is 8.62. The van der Waals surface area contributed by atoms with Crippen molar-refractivity contribution in [3.63, 3.8) is 0 Å². The molecular formula is C22H31N. The van der Waals surface area contributed by atoms with Crippen molar-refractivity contribution in [3.8, 4) is 6.07 Å². The van der Waals surface area contributed by atoms with Gasteiger partial charge in [0.25, 0.3) is 0 Å². The third kappa shape index (κ3) is 6.22. The number of rotatable bonds is 8. The lowest BCUT2D eigenvalue weighted by molar-refractivity contribution is 0.376. The quantitative estimate of drug-likeness (QED) is 0.394. The van der Waals surface area contributed by atoms with E-state index in [2.05, 4.69) is 43.3 Å². The molecule has 0 bridgehead atoms. The third-order valence-electron chi connectivity index (χ3n) is 5.23. The summed E-state index contributed by atoms with van der Waals surface area (Å²) in [6.45, 7) is 2.27. The van der Waals surface area contributed by atoms with Crippen LogP contribution in [0, 0.1) is 17.2 Å². The highest BCUT2D eigenvalue weighted by Gasteiger charge is 2.20. The van der Waals surface area contributed by atoms with E-state index in [-0.39, 0.29) is 0 Å². The molecule has 0 aromatic heterocycles. The SMILES string of the molecule is CCCCCCCc1ccc(C2CCC(/C=C/C#N)CC2)cc1. The van der Waals surface area contributed by atoms with Gasteiger partial charge >= 0.3 is 0 Å². The van der Waals surface area contributed by atoms with Crippen LogP contribution >= 0.6 is 0 Å². The number of unbranched alkanes of at least 4 members (excludes halogenated alkanes) is 4. The van der Waals surface area contributed by atoms with E-state index in [1.54, 1.807) is 6.08 Å². The molecule has 0 N–H and O–H groups in total. The topological polar surface area (TPSA) is 23.8 Å². The molecule has 0 radical (unpaired) electrons. The van der Waals surface area contributed by atoms with Crippen molar-refractivity contribution >= 4 is 0 Å². The normalized spacial score (nSPS) is 21.4. The van der Waals surface area contributed by atoms with Gasteiger partial charge in [-0.2, -0.15) is 5.26 Å². The van der Waals surface area contributed by atoms with Crippen LogP contribution in [0.3, 0.4) is 0 Å². The van der Waals surface area contributed by atoms with Crippen LogP contribution in [-0.2, 0) is 6.42 Å². The Morgan fingerprint density at radius 1 is 1.00 bits per heavy atom. The first-order chi connectivity index (χ1) is 11.3. The van der Waals surface area contributed by atoms with Gasteiger partial charge in [-0.1, -0.05) is 62.9 Å². The molecule has 1 fully saturated rings. The van der Waals surface area contributed by atoms with Crippen molar-refractivity contribution in [2.75, 3.05) is 0 Å². The van der Waals surface area contributed by atoms with Crippen molar-refractivity contribution in [2.45, 2.75) is 77.0 Å². The minimum atomic E-state index is 0.619. The molecule has 0 amide bonds. The van der Waals surface area contributed by atoms with E-state index in [0.29, 0.717) is 5.92 Å². The molecule has 0 unspecified atom stereocenters. The lowest BCUT2D eigenvalue weighted by atomic mass is 9.78. The monoisotopic (exact) mass is 309 g/mol. The van der Waals surface area contributed by atoms with E-state index in [1.807, 2.05) is 0 Å². The average molecular weight is 309 g/mol. The predicted octanol–water partition coefficient (Wildman–Crippen LogP) is 6.55. The Morgan fingerprint density at radius 3 is 2.35 bits per heavy atom. The van der Waals surface area contributed by atoms with E-state index >= 15 is 0 Å². The number of allylic oxidation sites excluding steroid dienone is 2. The number of hydrogen-bond acceptors (Lipinski definition) is 1. The lowest BCUT2D eigenvalue weighted by Gasteiger charge is -2.27. The van der Waals surface area contributed by atoms with Gasteiger partial charge < -0.3 is 0 Å². The van der Waals surface area contributed by atoms with Gasteiger partial charge in [-0.05, 0) is 61.5 Å². The summed E-state index contributed by atoms with van der Waals surface area (Å²) in [6.07, 6.45) is 16.7. The summed E-state index contributed by atoms with van der Waals surface area (Å²) in [5, 5.41) is 8.62. The number of nitriles is 1. The van der Waals surface area contributed by atoms with Gasteiger partial charge in [0.1, 0.15) is 0 Å². The molecule has 0 atom stereocenters. The minimum Gasteiger partial charge on any atom is -0.193 e. The van der Waals surface area contributed by atoms with Crippen molar-refractivity contribution in [2.24, 2.45) is 5.92 Å². The molecule has 1 aliphatic carbocycles. The lowest BCUT2D eigenvalue weighted by Crippen LogP contribution is -2.11. The van der Waals surface area contributed by atoms with Crippen molar-refractivity contribution in [3.05, 3.63) is 47.5 Å². The molecule has 124 valence electrons. The molecule has 1 heteroatoms. The van der Waals surface area contributed by atoms with Crippen LogP contribution < -0.4 is 0 Å². The summed E-state index contributed by atoms with van der Waals surface area (Å²) in [6, 6.07) is 11.5. The molecule has 0 saturated heterocycles. The smallest absolute Gasteiger partial charge is 0.0908 e. The summed E-state index contributed by atoms with van der Waals surface area (Å²) >= 11 is 0. The maximum Gasteiger partial charge on any atom is 0.0908 e. The largest absolute Gasteiger partial charge is 0.193 e. The fraction of sp³-hybridized carbons (Fsp3) is 0.591. The van der Waals surface area contributed by atoms with Crippen molar-refractivity contribution in [1.29, 1.82) is 5.26 Å². The standard InChI is InChI=1S/C22H31N/c1-2-3-4-5-6-8-19-10-14-21(15-11-19)22-16-12-20(13-17-22)9-7-18-23/h7,9-11,14-15,20,22H,2-6,8,12-13,16-17H2,1H3/b9-7+. The van der Waals surface area contributed by atoms with E-state index in [0.717, 1.165) is 5.92 Å². The first kappa shape index (κ1) is 17.8. The van der Waals surface area contributed by atoms with Gasteiger partial charge in [-0.15, -0.1) is 0 Å². The molecule has 1 aliphatic rings. The fourth-order valence-corrected chi connectivity index (χ4v) is 3.71. The van der Waals surface area contributed by atoms with Gasteiger partial charge in [0, 0.05) is 6.08 Å². The Kier molecular flexibility index (Phi) is 7.95. The zero-order valence-electron chi connectivity index (χ0n) is 14.6. The van der Waals surface area contributed by atoms with E-state index in [9.17, 15) is 0 Å². The van der Waals surface area contributed by atoms with Crippen LogP contribution in [0.1, 0.15) is 81.8 Å². The highest BCUT2D eigenvalue weighted by atomic mass is 14.3. The van der Waals surface area contributed by atoms with Crippen LogP contribution in [0.15, 0.2) is 36.4 Å². The number of benzene rings is 1. The molecule has 2 rings (SSSR count). The second-order valence-corrected chi connectivity index (χ2v) is 7.01. The van der Waals surface area contributed by atoms with E-state index < -0.39 is 0 Å². The Balaban J connectivity index is 1.75.